The number of sulfonamides is 2. The summed E-state index contributed by atoms with van der Waals surface area (Å²) in [4.78, 5) is 13.1. The van der Waals surface area contributed by atoms with Crippen molar-refractivity contribution in [2.75, 3.05) is 13.1 Å². The van der Waals surface area contributed by atoms with Crippen LogP contribution in [0.4, 0.5) is 4.39 Å². The molecule has 0 spiro atoms. The van der Waals surface area contributed by atoms with E-state index < -0.39 is 31.6 Å². The fourth-order valence-electron chi connectivity index (χ4n) is 6.83. The van der Waals surface area contributed by atoms with Crippen LogP contribution in [0.1, 0.15) is 74.0 Å². The Balaban J connectivity index is 1.19. The first kappa shape index (κ1) is 32.6. The van der Waals surface area contributed by atoms with E-state index in [2.05, 4.69) is 4.72 Å². The van der Waals surface area contributed by atoms with Crippen molar-refractivity contribution in [1.29, 1.82) is 0 Å². The third kappa shape index (κ3) is 6.58. The van der Waals surface area contributed by atoms with E-state index >= 15 is 0 Å². The number of piperidine rings is 1. The Morgan fingerprint density at radius 1 is 0.957 bits per heavy atom. The lowest BCUT2D eigenvalue weighted by Crippen LogP contribution is -2.48. The molecule has 1 N–H and O–H groups in total. The lowest BCUT2D eigenvalue weighted by molar-refractivity contribution is -0.149. The molecule has 0 radical (unpaired) electrons. The molecule has 0 aromatic heterocycles. The summed E-state index contributed by atoms with van der Waals surface area (Å²) in [5.74, 6) is -0.323. The average molecular weight is 671 g/mol. The molecule has 6 rings (SSSR count). The molecule has 2 saturated heterocycles. The van der Waals surface area contributed by atoms with E-state index in [9.17, 15) is 26.0 Å². The standard InChI is InChI=1S/C34H39FN2O7S2/c1-22-5-4-18-37(21-22)46(41,42)28-14-12-27(13-15-28)45(39,40)36-33(38)24-8-17-31-29(20-24)32-30(34(2,3)44-31)16-11-26(43-32)19-23-6-9-25(35)10-7-23/h6-10,12-15,17,20,22,26,30,32H,4-5,11,16,18-19,21H2,1-3H3,(H,36,38)/t22-,26+,30-,32+/m1/s1. The Labute approximate surface area is 270 Å². The SMILES string of the molecule is C[C@@H]1CCCN(S(=O)(=O)c2ccc(S(=O)(=O)NC(=O)c3ccc4c(c3)[C@@H]3O[C@H](Cc5ccc(F)cc5)CC[C@H]3C(C)(C)O4)cc2)C1. The minimum Gasteiger partial charge on any atom is -0.487 e. The molecule has 2 fully saturated rings. The van der Waals surface area contributed by atoms with Crippen molar-refractivity contribution in [3.8, 4) is 5.75 Å². The fourth-order valence-corrected chi connectivity index (χ4v) is 9.40. The number of hydrogen-bond acceptors (Lipinski definition) is 7. The smallest absolute Gasteiger partial charge is 0.265 e. The second kappa shape index (κ2) is 12.4. The van der Waals surface area contributed by atoms with Crippen LogP contribution in [0.5, 0.6) is 5.75 Å². The van der Waals surface area contributed by atoms with E-state index in [4.69, 9.17) is 9.47 Å². The number of hydrogen-bond donors (Lipinski definition) is 1. The second-order valence-corrected chi connectivity index (χ2v) is 16.8. The first-order valence-corrected chi connectivity index (χ1v) is 18.6. The predicted octanol–water partition coefficient (Wildman–Crippen LogP) is 5.62. The number of amides is 1. The van der Waals surface area contributed by atoms with Gasteiger partial charge in [-0.2, -0.15) is 4.31 Å². The van der Waals surface area contributed by atoms with Gasteiger partial charge in [0.15, 0.2) is 0 Å². The number of ether oxygens (including phenoxy) is 2. The maximum absolute atomic E-state index is 13.4. The van der Waals surface area contributed by atoms with E-state index in [1.807, 2.05) is 20.8 Å². The van der Waals surface area contributed by atoms with Crippen LogP contribution in [0.3, 0.4) is 0 Å². The quantitative estimate of drug-likeness (QED) is 0.347. The molecule has 3 aromatic rings. The zero-order chi connectivity index (χ0) is 32.9. The van der Waals surface area contributed by atoms with Gasteiger partial charge in [-0.3, -0.25) is 4.79 Å². The first-order valence-electron chi connectivity index (χ1n) is 15.6. The van der Waals surface area contributed by atoms with Gasteiger partial charge in [-0.25, -0.2) is 25.9 Å². The highest BCUT2D eigenvalue weighted by atomic mass is 32.2. The molecule has 0 saturated carbocycles. The van der Waals surface area contributed by atoms with Crippen LogP contribution in [0, 0.1) is 17.7 Å². The molecule has 3 aromatic carbocycles. The summed E-state index contributed by atoms with van der Waals surface area (Å²) in [7, 11) is -8.07. The van der Waals surface area contributed by atoms with Crippen molar-refractivity contribution in [1.82, 2.24) is 9.03 Å². The van der Waals surface area contributed by atoms with E-state index in [1.165, 1.54) is 46.8 Å². The van der Waals surface area contributed by atoms with Crippen LogP contribution in [0.2, 0.25) is 0 Å². The Hall–Kier alpha value is -3.32. The molecule has 4 atom stereocenters. The van der Waals surface area contributed by atoms with Crippen LogP contribution in [0.25, 0.3) is 0 Å². The highest BCUT2D eigenvalue weighted by Crippen LogP contribution is 2.51. The topological polar surface area (TPSA) is 119 Å². The molecule has 0 aliphatic carbocycles. The van der Waals surface area contributed by atoms with Gasteiger partial charge in [-0.1, -0.05) is 19.1 Å². The van der Waals surface area contributed by atoms with Gasteiger partial charge in [0.1, 0.15) is 17.2 Å². The first-order chi connectivity index (χ1) is 21.7. The maximum atomic E-state index is 13.4. The maximum Gasteiger partial charge on any atom is 0.265 e. The van der Waals surface area contributed by atoms with E-state index in [-0.39, 0.29) is 45.2 Å². The van der Waals surface area contributed by atoms with Crippen LogP contribution in [0.15, 0.2) is 76.5 Å². The van der Waals surface area contributed by atoms with Crippen molar-refractivity contribution in [3.05, 3.63) is 89.2 Å². The lowest BCUT2D eigenvalue weighted by atomic mass is 9.74. The number of fused-ring (bicyclic) bond motifs is 3. The number of benzene rings is 3. The number of carbonyl (C=O) groups is 1. The van der Waals surface area contributed by atoms with Gasteiger partial charge in [0.05, 0.1) is 22.0 Å². The zero-order valence-electron chi connectivity index (χ0n) is 26.1. The zero-order valence-corrected chi connectivity index (χ0v) is 27.7. The van der Waals surface area contributed by atoms with Gasteiger partial charge in [-0.15, -0.1) is 0 Å². The van der Waals surface area contributed by atoms with Crippen molar-refractivity contribution in [2.24, 2.45) is 11.8 Å². The van der Waals surface area contributed by atoms with Crippen molar-refractivity contribution in [2.45, 2.75) is 80.5 Å². The normalized spacial score (nSPS) is 24.7. The summed E-state index contributed by atoms with van der Waals surface area (Å²) >= 11 is 0. The van der Waals surface area contributed by atoms with Crippen molar-refractivity contribution < 1.29 is 35.5 Å². The van der Waals surface area contributed by atoms with Gasteiger partial charge in [0, 0.05) is 30.1 Å². The summed E-state index contributed by atoms with van der Waals surface area (Å²) in [5, 5.41) is 0. The molecule has 0 bridgehead atoms. The molecule has 12 heteroatoms. The third-order valence-electron chi connectivity index (χ3n) is 9.34. The second-order valence-electron chi connectivity index (χ2n) is 13.2. The molecule has 246 valence electrons. The van der Waals surface area contributed by atoms with Gasteiger partial charge in [-0.05, 0) is 112 Å². The summed E-state index contributed by atoms with van der Waals surface area (Å²) in [5.41, 5.74) is 1.21. The molecular formula is C34H39FN2O7S2. The Morgan fingerprint density at radius 2 is 1.65 bits per heavy atom. The number of halogens is 1. The largest absolute Gasteiger partial charge is 0.487 e. The number of nitrogens with zero attached hydrogens (tertiary/aromatic N) is 1. The van der Waals surface area contributed by atoms with Crippen LogP contribution < -0.4 is 9.46 Å². The summed E-state index contributed by atoms with van der Waals surface area (Å²) in [6, 6.07) is 16.0. The number of nitrogens with one attached hydrogen (secondary N) is 1. The monoisotopic (exact) mass is 670 g/mol. The van der Waals surface area contributed by atoms with E-state index in [0.717, 1.165) is 31.2 Å². The summed E-state index contributed by atoms with van der Waals surface area (Å²) < 4.78 is 82.5. The highest BCUT2D eigenvalue weighted by molar-refractivity contribution is 7.90. The van der Waals surface area contributed by atoms with Crippen molar-refractivity contribution >= 4 is 26.0 Å². The average Bonchev–Trinajstić information content (AvgIpc) is 3.01. The van der Waals surface area contributed by atoms with E-state index in [0.29, 0.717) is 30.8 Å². The molecule has 9 nitrogen and oxygen atoms in total. The highest BCUT2D eigenvalue weighted by Gasteiger charge is 2.47. The third-order valence-corrected chi connectivity index (χ3v) is 12.6. The summed E-state index contributed by atoms with van der Waals surface area (Å²) in [6.45, 7) is 6.86. The number of carbonyl (C=O) groups excluding carboxylic acids is 1. The molecule has 1 amide bonds. The Morgan fingerprint density at radius 3 is 2.35 bits per heavy atom. The van der Waals surface area contributed by atoms with Crippen LogP contribution in [-0.4, -0.2) is 51.8 Å². The van der Waals surface area contributed by atoms with Crippen LogP contribution >= 0.6 is 0 Å². The Bertz CT molecular complexity index is 1830. The van der Waals surface area contributed by atoms with Gasteiger partial charge in [0.25, 0.3) is 15.9 Å². The van der Waals surface area contributed by atoms with Gasteiger partial charge < -0.3 is 9.47 Å². The minimum absolute atomic E-state index is 0.00394. The molecule has 3 heterocycles. The Kier molecular flexibility index (Phi) is 8.77. The summed E-state index contributed by atoms with van der Waals surface area (Å²) in [6.07, 6.45) is 3.43. The fraction of sp³-hybridized carbons (Fsp3) is 0.441. The van der Waals surface area contributed by atoms with Crippen LogP contribution in [-0.2, 0) is 31.2 Å². The van der Waals surface area contributed by atoms with E-state index in [1.54, 1.807) is 24.3 Å². The molecule has 3 aliphatic rings. The molecular weight excluding hydrogens is 632 g/mol. The molecule has 3 aliphatic heterocycles. The molecule has 46 heavy (non-hydrogen) atoms. The van der Waals surface area contributed by atoms with Crippen molar-refractivity contribution in [3.63, 3.8) is 0 Å². The minimum atomic E-state index is -4.31. The van der Waals surface area contributed by atoms with Gasteiger partial charge in [0.2, 0.25) is 10.0 Å². The number of rotatable bonds is 7. The lowest BCUT2D eigenvalue weighted by Gasteiger charge is -2.49. The predicted molar refractivity (Wildman–Crippen MR) is 170 cm³/mol. The van der Waals surface area contributed by atoms with Gasteiger partial charge >= 0.3 is 0 Å². The molecule has 0 unspecified atom stereocenters.